The van der Waals surface area contributed by atoms with Crippen LogP contribution in [0.1, 0.15) is 5.56 Å². The zero-order chi connectivity index (χ0) is 14.5. The molecule has 2 rings (SSSR count). The fourth-order valence-corrected chi connectivity index (χ4v) is 2.43. The van der Waals surface area contributed by atoms with Crippen LogP contribution in [0.4, 0.5) is 11.4 Å². The maximum absolute atomic E-state index is 10.9. The predicted molar refractivity (Wildman–Crippen MR) is 80.3 cm³/mol. The van der Waals surface area contributed by atoms with Crippen molar-refractivity contribution in [3.8, 4) is 0 Å². The first kappa shape index (κ1) is 14.7. The highest BCUT2D eigenvalue weighted by Gasteiger charge is 2.15. The van der Waals surface area contributed by atoms with E-state index in [1.165, 1.54) is 0 Å². The molecule has 0 aromatic heterocycles. The highest BCUT2D eigenvalue weighted by Crippen LogP contribution is 2.24. The van der Waals surface area contributed by atoms with Crippen molar-refractivity contribution in [3.05, 3.63) is 33.9 Å². The van der Waals surface area contributed by atoms with Crippen LogP contribution in [0.3, 0.4) is 0 Å². The van der Waals surface area contributed by atoms with Gasteiger partial charge in [-0.05, 0) is 20.0 Å². The third-order valence-corrected chi connectivity index (χ3v) is 3.84. The first-order chi connectivity index (χ1) is 9.58. The third kappa shape index (κ3) is 3.68. The summed E-state index contributed by atoms with van der Waals surface area (Å²) in [5.74, 6) is 0. The van der Waals surface area contributed by atoms with Gasteiger partial charge < -0.3 is 10.2 Å². The van der Waals surface area contributed by atoms with E-state index in [-0.39, 0.29) is 10.6 Å². The molecule has 1 aliphatic heterocycles. The van der Waals surface area contributed by atoms with Crippen LogP contribution in [0, 0.1) is 17.0 Å². The summed E-state index contributed by atoms with van der Waals surface area (Å²) in [5.41, 5.74) is 1.74. The Morgan fingerprint density at radius 3 is 2.65 bits per heavy atom. The van der Waals surface area contributed by atoms with Crippen molar-refractivity contribution in [3.63, 3.8) is 0 Å². The molecule has 6 heteroatoms. The van der Waals surface area contributed by atoms with Crippen LogP contribution in [-0.2, 0) is 0 Å². The molecule has 1 aromatic rings. The van der Waals surface area contributed by atoms with Crippen molar-refractivity contribution < 1.29 is 4.92 Å². The van der Waals surface area contributed by atoms with Crippen molar-refractivity contribution >= 4 is 11.4 Å². The fraction of sp³-hybridized carbons (Fsp3) is 0.571. The maximum atomic E-state index is 10.9. The van der Waals surface area contributed by atoms with Crippen molar-refractivity contribution in [1.82, 2.24) is 9.80 Å². The number of likely N-dealkylation sites (N-methyl/N-ethyl adjacent to an activating group) is 1. The molecular weight excluding hydrogens is 256 g/mol. The van der Waals surface area contributed by atoms with Crippen molar-refractivity contribution in [2.24, 2.45) is 0 Å². The molecular formula is C14H22N4O2. The van der Waals surface area contributed by atoms with Gasteiger partial charge in [0, 0.05) is 56.6 Å². The number of hydrogen-bond acceptors (Lipinski definition) is 5. The van der Waals surface area contributed by atoms with E-state index in [2.05, 4.69) is 22.2 Å². The molecule has 0 bridgehead atoms. The lowest BCUT2D eigenvalue weighted by Crippen LogP contribution is -2.45. The molecule has 1 fully saturated rings. The quantitative estimate of drug-likeness (QED) is 0.654. The minimum Gasteiger partial charge on any atom is -0.383 e. The second-order valence-corrected chi connectivity index (χ2v) is 5.28. The average molecular weight is 278 g/mol. The van der Waals surface area contributed by atoms with E-state index >= 15 is 0 Å². The van der Waals surface area contributed by atoms with E-state index in [1.807, 2.05) is 6.07 Å². The van der Waals surface area contributed by atoms with E-state index in [0.717, 1.165) is 45.0 Å². The summed E-state index contributed by atoms with van der Waals surface area (Å²) in [5, 5.41) is 14.2. The summed E-state index contributed by atoms with van der Waals surface area (Å²) in [7, 11) is 2.14. The molecule has 1 saturated heterocycles. The molecule has 1 aliphatic rings. The second kappa shape index (κ2) is 6.67. The Balaban J connectivity index is 1.85. The highest BCUT2D eigenvalue weighted by molar-refractivity contribution is 5.59. The first-order valence-electron chi connectivity index (χ1n) is 6.96. The Morgan fingerprint density at radius 1 is 1.30 bits per heavy atom. The van der Waals surface area contributed by atoms with Crippen LogP contribution in [0.25, 0.3) is 0 Å². The van der Waals surface area contributed by atoms with E-state index in [9.17, 15) is 10.1 Å². The molecule has 1 aromatic carbocycles. The zero-order valence-electron chi connectivity index (χ0n) is 12.1. The largest absolute Gasteiger partial charge is 0.383 e. The van der Waals surface area contributed by atoms with Crippen molar-refractivity contribution in [2.75, 3.05) is 51.6 Å². The number of piperazine rings is 1. The van der Waals surface area contributed by atoms with Crippen LogP contribution in [0.2, 0.25) is 0 Å². The van der Waals surface area contributed by atoms with Gasteiger partial charge >= 0.3 is 0 Å². The average Bonchev–Trinajstić information content (AvgIpc) is 2.42. The molecule has 110 valence electrons. The monoisotopic (exact) mass is 278 g/mol. The molecule has 0 amide bonds. The summed E-state index contributed by atoms with van der Waals surface area (Å²) in [4.78, 5) is 15.3. The lowest BCUT2D eigenvalue weighted by molar-refractivity contribution is -0.385. The summed E-state index contributed by atoms with van der Waals surface area (Å²) in [6, 6.07) is 5.16. The first-order valence-corrected chi connectivity index (χ1v) is 6.96. The molecule has 20 heavy (non-hydrogen) atoms. The Morgan fingerprint density at radius 2 is 2.00 bits per heavy atom. The van der Waals surface area contributed by atoms with E-state index in [1.54, 1.807) is 19.1 Å². The number of nitrogens with one attached hydrogen (secondary N) is 1. The minimum atomic E-state index is -0.332. The zero-order valence-corrected chi connectivity index (χ0v) is 12.1. The van der Waals surface area contributed by atoms with Gasteiger partial charge in [-0.25, -0.2) is 0 Å². The third-order valence-electron chi connectivity index (χ3n) is 3.84. The molecule has 0 spiro atoms. The van der Waals surface area contributed by atoms with Gasteiger partial charge in [-0.15, -0.1) is 0 Å². The Hall–Kier alpha value is -1.66. The van der Waals surface area contributed by atoms with Crippen LogP contribution in [-0.4, -0.2) is 61.0 Å². The van der Waals surface area contributed by atoms with Gasteiger partial charge in [0.1, 0.15) is 0 Å². The van der Waals surface area contributed by atoms with Crippen LogP contribution >= 0.6 is 0 Å². The highest BCUT2D eigenvalue weighted by atomic mass is 16.6. The van der Waals surface area contributed by atoms with Gasteiger partial charge in [0.25, 0.3) is 5.69 Å². The fourth-order valence-electron chi connectivity index (χ4n) is 2.43. The molecule has 0 atom stereocenters. The Labute approximate surface area is 119 Å². The van der Waals surface area contributed by atoms with E-state index in [4.69, 9.17) is 0 Å². The minimum absolute atomic E-state index is 0.176. The molecule has 1 N–H and O–H groups in total. The topological polar surface area (TPSA) is 61.6 Å². The molecule has 1 heterocycles. The number of nitro benzene ring substituents is 1. The maximum Gasteiger partial charge on any atom is 0.274 e. The Bertz CT molecular complexity index is 470. The van der Waals surface area contributed by atoms with E-state index in [0.29, 0.717) is 5.56 Å². The standard InChI is InChI=1S/C14H22N4O2/c1-12-13(4-3-5-14(12)18(19)20)15-6-7-17-10-8-16(2)9-11-17/h3-5,15H,6-11H2,1-2H3. The molecule has 0 unspecified atom stereocenters. The molecule has 0 saturated carbocycles. The SMILES string of the molecule is Cc1c(NCCN2CCN(C)CC2)cccc1[N+](=O)[O-]. The van der Waals surface area contributed by atoms with Gasteiger partial charge in [-0.2, -0.15) is 0 Å². The van der Waals surface area contributed by atoms with Gasteiger partial charge in [-0.3, -0.25) is 15.0 Å². The van der Waals surface area contributed by atoms with Crippen molar-refractivity contribution in [1.29, 1.82) is 0 Å². The summed E-state index contributed by atoms with van der Waals surface area (Å²) >= 11 is 0. The normalized spacial score (nSPS) is 17.1. The summed E-state index contributed by atoms with van der Waals surface area (Å²) in [6.07, 6.45) is 0. The number of nitro groups is 1. The summed E-state index contributed by atoms with van der Waals surface area (Å²) in [6.45, 7) is 7.96. The van der Waals surface area contributed by atoms with Crippen molar-refractivity contribution in [2.45, 2.75) is 6.92 Å². The molecule has 6 nitrogen and oxygen atoms in total. The van der Waals surface area contributed by atoms with Gasteiger partial charge in [0.2, 0.25) is 0 Å². The summed E-state index contributed by atoms with van der Waals surface area (Å²) < 4.78 is 0. The number of benzene rings is 1. The number of nitrogens with zero attached hydrogens (tertiary/aromatic N) is 3. The van der Waals surface area contributed by atoms with Gasteiger partial charge in [0.05, 0.1) is 4.92 Å². The molecule has 0 radical (unpaired) electrons. The lowest BCUT2D eigenvalue weighted by atomic mass is 10.1. The number of hydrogen-bond donors (Lipinski definition) is 1. The predicted octanol–water partition coefficient (Wildman–Crippen LogP) is 1.56. The second-order valence-electron chi connectivity index (χ2n) is 5.28. The number of anilines is 1. The smallest absolute Gasteiger partial charge is 0.274 e. The molecule has 0 aliphatic carbocycles. The number of rotatable bonds is 5. The van der Waals surface area contributed by atoms with Crippen LogP contribution < -0.4 is 5.32 Å². The van der Waals surface area contributed by atoms with Crippen LogP contribution in [0.15, 0.2) is 18.2 Å². The Kier molecular flexibility index (Phi) is 4.92. The van der Waals surface area contributed by atoms with Crippen LogP contribution in [0.5, 0.6) is 0 Å². The van der Waals surface area contributed by atoms with Gasteiger partial charge in [-0.1, -0.05) is 6.07 Å². The van der Waals surface area contributed by atoms with E-state index < -0.39 is 0 Å². The van der Waals surface area contributed by atoms with Gasteiger partial charge in [0.15, 0.2) is 0 Å². The lowest BCUT2D eigenvalue weighted by Gasteiger charge is -2.32.